The van der Waals surface area contributed by atoms with Crippen molar-refractivity contribution >= 4 is 17.6 Å². The van der Waals surface area contributed by atoms with E-state index in [-0.39, 0.29) is 5.54 Å². The smallest absolute Gasteiger partial charge is 0.0385 e. The van der Waals surface area contributed by atoms with Crippen LogP contribution >= 0.6 is 11.9 Å². The average molecular weight is 365 g/mol. The Kier molecular flexibility index (Phi) is 12.8. The monoisotopic (exact) mass is 364 g/mol. The van der Waals surface area contributed by atoms with E-state index >= 15 is 0 Å². The molecular formula is C22H40N2S. The Morgan fingerprint density at radius 3 is 2.36 bits per heavy atom. The normalized spacial score (nSPS) is 11.8. The largest absolute Gasteiger partial charge is 0.388 e. The molecule has 0 radical (unpaired) electrons. The molecule has 3 heteroatoms. The van der Waals surface area contributed by atoms with E-state index in [1.54, 1.807) is 17.5 Å². The maximum absolute atomic E-state index is 3.48. The quantitative estimate of drug-likeness (QED) is 0.357. The molecule has 0 aliphatic carbocycles. The third-order valence-corrected chi connectivity index (χ3v) is 4.79. The van der Waals surface area contributed by atoms with Crippen molar-refractivity contribution in [3.63, 3.8) is 0 Å². The van der Waals surface area contributed by atoms with E-state index in [1.165, 1.54) is 35.4 Å². The van der Waals surface area contributed by atoms with Crippen molar-refractivity contribution in [3.05, 3.63) is 35.4 Å². The summed E-state index contributed by atoms with van der Waals surface area (Å²) < 4.78 is 3.48. The molecule has 2 nitrogen and oxygen atoms in total. The third-order valence-electron chi connectivity index (χ3n) is 3.59. The highest BCUT2D eigenvalue weighted by Gasteiger charge is 2.11. The molecule has 25 heavy (non-hydrogen) atoms. The Balaban J connectivity index is 0.00000277. The van der Waals surface area contributed by atoms with Gasteiger partial charge in [0.05, 0.1) is 0 Å². The Morgan fingerprint density at radius 2 is 1.84 bits per heavy atom. The van der Waals surface area contributed by atoms with Crippen LogP contribution < -0.4 is 10.0 Å². The summed E-state index contributed by atoms with van der Waals surface area (Å²) in [4.78, 5) is 1.25. The summed E-state index contributed by atoms with van der Waals surface area (Å²) in [6.07, 6.45) is 8.34. The van der Waals surface area contributed by atoms with Gasteiger partial charge in [0.25, 0.3) is 0 Å². The van der Waals surface area contributed by atoms with E-state index < -0.39 is 0 Å². The van der Waals surface area contributed by atoms with E-state index in [4.69, 9.17) is 0 Å². The lowest BCUT2D eigenvalue weighted by atomic mass is 9.98. The maximum Gasteiger partial charge on any atom is 0.0385 e. The fourth-order valence-electron chi connectivity index (χ4n) is 2.42. The van der Waals surface area contributed by atoms with Gasteiger partial charge >= 0.3 is 0 Å². The first-order valence-corrected chi connectivity index (χ1v) is 10.6. The van der Waals surface area contributed by atoms with E-state index in [9.17, 15) is 0 Å². The fraction of sp³-hybridized carbons (Fsp3) is 0.636. The highest BCUT2D eigenvalue weighted by Crippen LogP contribution is 2.27. The van der Waals surface area contributed by atoms with E-state index in [1.807, 2.05) is 20.9 Å². The Hall–Kier alpha value is -0.930. The first kappa shape index (κ1) is 24.1. The SMILES string of the molecule is CC.CC/C=C(\CCCC)Cc1ccc(SNC(C)(C)C)cc1NC. The molecule has 0 saturated heterocycles. The van der Waals surface area contributed by atoms with Gasteiger partial charge in [-0.1, -0.05) is 51.8 Å². The van der Waals surface area contributed by atoms with Gasteiger partial charge in [-0.25, -0.2) is 0 Å². The van der Waals surface area contributed by atoms with Crippen molar-refractivity contribution in [2.24, 2.45) is 0 Å². The van der Waals surface area contributed by atoms with Gasteiger partial charge in [-0.05, 0) is 76.1 Å². The number of unbranched alkanes of at least 4 members (excludes halogenated alkanes) is 1. The van der Waals surface area contributed by atoms with Crippen LogP contribution in [0.5, 0.6) is 0 Å². The third kappa shape index (κ3) is 10.6. The molecule has 0 aliphatic heterocycles. The molecule has 0 spiro atoms. The van der Waals surface area contributed by atoms with Crippen molar-refractivity contribution in [2.45, 2.75) is 91.0 Å². The molecule has 0 heterocycles. The number of nitrogens with one attached hydrogen (secondary N) is 2. The van der Waals surface area contributed by atoms with Crippen LogP contribution in [0.3, 0.4) is 0 Å². The molecule has 0 bridgehead atoms. The zero-order chi connectivity index (χ0) is 19.3. The van der Waals surface area contributed by atoms with Gasteiger partial charge in [-0.2, -0.15) is 0 Å². The predicted octanol–water partition coefficient (Wildman–Crippen LogP) is 7.22. The van der Waals surface area contributed by atoms with Crippen LogP contribution in [0.2, 0.25) is 0 Å². The lowest BCUT2D eigenvalue weighted by Gasteiger charge is -2.20. The summed E-state index contributed by atoms with van der Waals surface area (Å²) in [7, 11) is 2.01. The molecular weight excluding hydrogens is 324 g/mol. The summed E-state index contributed by atoms with van der Waals surface area (Å²) in [5.74, 6) is 0. The van der Waals surface area contributed by atoms with Gasteiger partial charge < -0.3 is 5.32 Å². The van der Waals surface area contributed by atoms with Gasteiger partial charge in [0.15, 0.2) is 0 Å². The number of rotatable bonds is 9. The summed E-state index contributed by atoms with van der Waals surface area (Å²) in [6, 6.07) is 6.75. The summed E-state index contributed by atoms with van der Waals surface area (Å²) in [5.41, 5.74) is 4.31. The standard InChI is InChI=1S/C20H34N2S.C2H6/c1-7-9-11-16(10-8-2)14-17-12-13-18(15-19(17)21-6)23-22-20(3,4)5;1-2/h10,12-13,15,21-22H,7-9,11,14H2,1-6H3;1-2H3/b16-10+;. The minimum atomic E-state index is 0.111. The highest BCUT2D eigenvalue weighted by atomic mass is 32.2. The molecule has 0 unspecified atom stereocenters. The number of anilines is 1. The second kappa shape index (κ2) is 13.3. The van der Waals surface area contributed by atoms with Crippen molar-refractivity contribution in [1.29, 1.82) is 0 Å². The molecule has 0 amide bonds. The minimum Gasteiger partial charge on any atom is -0.388 e. The van der Waals surface area contributed by atoms with E-state index in [0.29, 0.717) is 0 Å². The van der Waals surface area contributed by atoms with Gasteiger partial charge in [-0.3, -0.25) is 4.72 Å². The number of hydrogen-bond acceptors (Lipinski definition) is 3. The van der Waals surface area contributed by atoms with Crippen LogP contribution in [0.4, 0.5) is 5.69 Å². The summed E-state index contributed by atoms with van der Waals surface area (Å²) >= 11 is 1.70. The number of benzene rings is 1. The van der Waals surface area contributed by atoms with Crippen molar-refractivity contribution in [2.75, 3.05) is 12.4 Å². The Bertz CT molecular complexity index is 501. The molecule has 0 aliphatic rings. The molecule has 0 saturated carbocycles. The number of allylic oxidation sites excluding steroid dienone is 2. The Morgan fingerprint density at radius 1 is 1.16 bits per heavy atom. The fourth-order valence-corrected chi connectivity index (χ4v) is 3.15. The zero-order valence-electron chi connectivity index (χ0n) is 17.8. The average Bonchev–Trinajstić information content (AvgIpc) is 2.60. The minimum absolute atomic E-state index is 0.111. The molecule has 1 rings (SSSR count). The summed E-state index contributed by atoms with van der Waals surface area (Å²) in [5, 5.41) is 3.37. The van der Waals surface area contributed by atoms with Crippen LogP contribution in [0.1, 0.15) is 79.7 Å². The Labute approximate surface area is 161 Å². The molecule has 1 aromatic rings. The van der Waals surface area contributed by atoms with Gasteiger partial charge in [0.2, 0.25) is 0 Å². The molecule has 1 aromatic carbocycles. The van der Waals surface area contributed by atoms with Crippen LogP contribution in [-0.4, -0.2) is 12.6 Å². The van der Waals surface area contributed by atoms with Crippen LogP contribution in [-0.2, 0) is 6.42 Å². The van der Waals surface area contributed by atoms with E-state index in [2.05, 4.69) is 68.9 Å². The highest BCUT2D eigenvalue weighted by molar-refractivity contribution is 7.97. The lowest BCUT2D eigenvalue weighted by molar-refractivity contribution is 0.535. The molecule has 144 valence electrons. The molecule has 0 atom stereocenters. The van der Waals surface area contributed by atoms with E-state index in [0.717, 1.165) is 12.8 Å². The predicted molar refractivity (Wildman–Crippen MR) is 118 cm³/mol. The molecule has 2 N–H and O–H groups in total. The topological polar surface area (TPSA) is 24.1 Å². The van der Waals surface area contributed by atoms with Gasteiger partial charge in [-0.15, -0.1) is 0 Å². The second-order valence-electron chi connectivity index (χ2n) is 7.07. The maximum atomic E-state index is 3.48. The van der Waals surface area contributed by atoms with Gasteiger partial charge in [0.1, 0.15) is 0 Å². The van der Waals surface area contributed by atoms with Crippen LogP contribution in [0.25, 0.3) is 0 Å². The van der Waals surface area contributed by atoms with Gasteiger partial charge in [0, 0.05) is 23.2 Å². The van der Waals surface area contributed by atoms with Crippen molar-refractivity contribution in [1.82, 2.24) is 4.72 Å². The van der Waals surface area contributed by atoms with Crippen molar-refractivity contribution in [3.8, 4) is 0 Å². The van der Waals surface area contributed by atoms with Crippen LogP contribution in [0, 0.1) is 0 Å². The second-order valence-corrected chi connectivity index (χ2v) is 7.95. The lowest BCUT2D eigenvalue weighted by Crippen LogP contribution is -2.29. The van der Waals surface area contributed by atoms with Crippen molar-refractivity contribution < 1.29 is 0 Å². The molecule has 0 aromatic heterocycles. The number of hydrogen-bond donors (Lipinski definition) is 2. The van der Waals surface area contributed by atoms with Crippen LogP contribution in [0.15, 0.2) is 34.7 Å². The first-order chi connectivity index (χ1) is 11.9. The zero-order valence-corrected chi connectivity index (χ0v) is 18.6. The summed E-state index contributed by atoms with van der Waals surface area (Å²) in [6.45, 7) is 15.0. The first-order valence-electron chi connectivity index (χ1n) is 9.82. The molecule has 0 fully saturated rings.